The van der Waals surface area contributed by atoms with E-state index < -0.39 is 48.1 Å². The van der Waals surface area contributed by atoms with Gasteiger partial charge < -0.3 is 25.8 Å². The SMILES string of the molecule is CC(C)(C)OC(=O)N[C@@H](Cc1ccccc1)C(=O)N[C@@H](Cc1ccccc1)C(=O)NCC(=O)O. The van der Waals surface area contributed by atoms with Gasteiger partial charge in [0.2, 0.25) is 11.8 Å². The number of carboxylic acid groups (broad SMARTS) is 1. The van der Waals surface area contributed by atoms with Gasteiger partial charge in [0.05, 0.1) is 0 Å². The average Bonchev–Trinajstić information content (AvgIpc) is 2.76. The smallest absolute Gasteiger partial charge is 0.408 e. The Balaban J connectivity index is 2.21. The van der Waals surface area contributed by atoms with Crippen LogP contribution in [0.25, 0.3) is 0 Å². The molecule has 2 aromatic carbocycles. The first-order valence-electron chi connectivity index (χ1n) is 10.9. The zero-order chi connectivity index (χ0) is 25.1. The molecule has 2 rings (SSSR count). The lowest BCUT2D eigenvalue weighted by Gasteiger charge is -2.25. The fourth-order valence-corrected chi connectivity index (χ4v) is 3.13. The summed E-state index contributed by atoms with van der Waals surface area (Å²) >= 11 is 0. The van der Waals surface area contributed by atoms with E-state index in [1.165, 1.54) is 0 Å². The topological polar surface area (TPSA) is 134 Å². The molecular weight excluding hydrogens is 438 g/mol. The van der Waals surface area contributed by atoms with E-state index in [0.717, 1.165) is 11.1 Å². The number of amides is 3. The van der Waals surface area contributed by atoms with Gasteiger partial charge in [-0.05, 0) is 31.9 Å². The highest BCUT2D eigenvalue weighted by molar-refractivity contribution is 5.92. The summed E-state index contributed by atoms with van der Waals surface area (Å²) in [6.07, 6.45) is -0.456. The molecule has 2 atom stereocenters. The highest BCUT2D eigenvalue weighted by Crippen LogP contribution is 2.10. The fourth-order valence-electron chi connectivity index (χ4n) is 3.13. The van der Waals surface area contributed by atoms with Crippen LogP contribution in [0, 0.1) is 0 Å². The van der Waals surface area contributed by atoms with Gasteiger partial charge in [-0.15, -0.1) is 0 Å². The minimum atomic E-state index is -1.20. The number of carbonyl (C=O) groups is 4. The number of hydrogen-bond acceptors (Lipinski definition) is 5. The van der Waals surface area contributed by atoms with Crippen molar-refractivity contribution in [3.8, 4) is 0 Å². The lowest BCUT2D eigenvalue weighted by atomic mass is 10.0. The molecule has 0 aliphatic carbocycles. The molecule has 0 spiro atoms. The third-order valence-corrected chi connectivity index (χ3v) is 4.62. The van der Waals surface area contributed by atoms with Crippen LogP contribution in [0.4, 0.5) is 4.79 Å². The summed E-state index contributed by atoms with van der Waals surface area (Å²) < 4.78 is 5.29. The molecule has 34 heavy (non-hydrogen) atoms. The zero-order valence-corrected chi connectivity index (χ0v) is 19.5. The maximum Gasteiger partial charge on any atom is 0.408 e. The number of benzene rings is 2. The number of carboxylic acids is 1. The van der Waals surface area contributed by atoms with E-state index in [9.17, 15) is 19.2 Å². The second kappa shape index (κ2) is 12.4. The maximum atomic E-state index is 13.2. The van der Waals surface area contributed by atoms with Crippen LogP contribution in [0.1, 0.15) is 31.9 Å². The molecule has 0 saturated heterocycles. The Kier molecular flexibility index (Phi) is 9.61. The van der Waals surface area contributed by atoms with Gasteiger partial charge in [0, 0.05) is 12.8 Å². The van der Waals surface area contributed by atoms with Crippen molar-refractivity contribution in [1.29, 1.82) is 0 Å². The van der Waals surface area contributed by atoms with Crippen LogP contribution in [0.5, 0.6) is 0 Å². The molecule has 9 nitrogen and oxygen atoms in total. The molecule has 0 heterocycles. The van der Waals surface area contributed by atoms with Crippen molar-refractivity contribution in [3.63, 3.8) is 0 Å². The van der Waals surface area contributed by atoms with Crippen LogP contribution >= 0.6 is 0 Å². The summed E-state index contributed by atoms with van der Waals surface area (Å²) in [5, 5.41) is 16.4. The van der Waals surface area contributed by atoms with Gasteiger partial charge in [-0.25, -0.2) is 4.79 Å². The van der Waals surface area contributed by atoms with Gasteiger partial charge in [-0.2, -0.15) is 0 Å². The van der Waals surface area contributed by atoms with Crippen molar-refractivity contribution >= 4 is 23.9 Å². The van der Waals surface area contributed by atoms with E-state index >= 15 is 0 Å². The third-order valence-electron chi connectivity index (χ3n) is 4.62. The largest absolute Gasteiger partial charge is 0.480 e. The van der Waals surface area contributed by atoms with E-state index in [4.69, 9.17) is 9.84 Å². The van der Waals surface area contributed by atoms with Crippen molar-refractivity contribution in [2.45, 2.75) is 51.3 Å². The fraction of sp³-hybridized carbons (Fsp3) is 0.360. The predicted octanol–water partition coefficient (Wildman–Crippen LogP) is 2.05. The molecular formula is C25H31N3O6. The average molecular weight is 470 g/mol. The van der Waals surface area contributed by atoms with Crippen LogP contribution in [-0.2, 0) is 32.0 Å². The first-order valence-corrected chi connectivity index (χ1v) is 10.9. The van der Waals surface area contributed by atoms with Gasteiger partial charge in [-0.3, -0.25) is 14.4 Å². The number of alkyl carbamates (subject to hydrolysis) is 1. The Morgan fingerprint density at radius 2 is 1.26 bits per heavy atom. The van der Waals surface area contributed by atoms with Crippen LogP contribution in [0.2, 0.25) is 0 Å². The van der Waals surface area contributed by atoms with Gasteiger partial charge in [0.1, 0.15) is 24.2 Å². The summed E-state index contributed by atoms with van der Waals surface area (Å²) in [4.78, 5) is 49.2. The molecule has 0 aromatic heterocycles. The van der Waals surface area contributed by atoms with Crippen LogP contribution in [-0.4, -0.2) is 53.2 Å². The lowest BCUT2D eigenvalue weighted by molar-refractivity contribution is -0.138. The number of hydrogen-bond donors (Lipinski definition) is 4. The highest BCUT2D eigenvalue weighted by atomic mass is 16.6. The number of nitrogens with one attached hydrogen (secondary N) is 3. The number of rotatable bonds is 10. The summed E-state index contributed by atoms with van der Waals surface area (Å²) in [5.41, 5.74) is 0.816. The Bertz CT molecular complexity index is 973. The number of ether oxygens (including phenoxy) is 1. The van der Waals surface area contributed by atoms with E-state index in [1.807, 2.05) is 36.4 Å². The van der Waals surface area contributed by atoms with Crippen LogP contribution < -0.4 is 16.0 Å². The van der Waals surface area contributed by atoms with Gasteiger partial charge in [0.15, 0.2) is 0 Å². The molecule has 0 saturated carbocycles. The molecule has 4 N–H and O–H groups in total. The van der Waals surface area contributed by atoms with Gasteiger partial charge in [-0.1, -0.05) is 60.7 Å². The summed E-state index contributed by atoms with van der Waals surface area (Å²) in [5.74, 6) is -2.44. The van der Waals surface area contributed by atoms with Gasteiger partial charge >= 0.3 is 12.1 Å². The molecule has 0 aliphatic heterocycles. The molecule has 0 radical (unpaired) electrons. The van der Waals surface area contributed by atoms with Crippen molar-refractivity contribution < 1.29 is 29.0 Å². The predicted molar refractivity (Wildman–Crippen MR) is 126 cm³/mol. The van der Waals surface area contributed by atoms with Gasteiger partial charge in [0.25, 0.3) is 0 Å². The first-order chi connectivity index (χ1) is 16.0. The normalized spacial score (nSPS) is 12.7. The standard InChI is InChI=1S/C25H31N3O6/c1-25(2,3)34-24(33)28-20(15-18-12-8-5-9-13-18)23(32)27-19(22(31)26-16-21(29)30)14-17-10-6-4-7-11-17/h4-13,19-20H,14-16H2,1-3H3,(H,26,31)(H,27,32)(H,28,33)(H,29,30)/t19-,20-/m0/s1. The summed E-state index contributed by atoms with van der Waals surface area (Å²) in [6, 6.07) is 16.0. The van der Waals surface area contributed by atoms with E-state index in [2.05, 4.69) is 16.0 Å². The maximum absolute atomic E-state index is 13.2. The van der Waals surface area contributed by atoms with E-state index in [1.54, 1.807) is 45.0 Å². The Labute approximate surface area is 198 Å². The third kappa shape index (κ3) is 9.72. The Morgan fingerprint density at radius 3 is 1.71 bits per heavy atom. The molecule has 0 aliphatic rings. The van der Waals surface area contributed by atoms with Crippen LogP contribution in [0.3, 0.4) is 0 Å². The minimum absolute atomic E-state index is 0.141. The van der Waals surface area contributed by atoms with Crippen molar-refractivity contribution in [1.82, 2.24) is 16.0 Å². The molecule has 0 unspecified atom stereocenters. The second-order valence-electron chi connectivity index (χ2n) is 8.75. The molecule has 0 bridgehead atoms. The second-order valence-corrected chi connectivity index (χ2v) is 8.75. The Morgan fingerprint density at radius 1 is 0.794 bits per heavy atom. The molecule has 182 valence electrons. The highest BCUT2D eigenvalue weighted by Gasteiger charge is 2.29. The lowest BCUT2D eigenvalue weighted by Crippen LogP contribution is -2.55. The van der Waals surface area contributed by atoms with Crippen molar-refractivity contribution in [2.24, 2.45) is 0 Å². The first kappa shape index (κ1) is 26.4. The zero-order valence-electron chi connectivity index (χ0n) is 19.5. The molecule has 9 heteroatoms. The summed E-state index contributed by atoms with van der Waals surface area (Å²) in [7, 11) is 0. The van der Waals surface area contributed by atoms with E-state index in [0.29, 0.717) is 0 Å². The monoisotopic (exact) mass is 469 g/mol. The van der Waals surface area contributed by atoms with Crippen molar-refractivity contribution in [3.05, 3.63) is 71.8 Å². The molecule has 2 aromatic rings. The van der Waals surface area contributed by atoms with Crippen molar-refractivity contribution in [2.75, 3.05) is 6.54 Å². The molecule has 0 fully saturated rings. The van der Waals surface area contributed by atoms with E-state index in [-0.39, 0.29) is 12.8 Å². The van der Waals surface area contributed by atoms with Crippen LogP contribution in [0.15, 0.2) is 60.7 Å². The number of carbonyl (C=O) groups excluding carboxylic acids is 3. The quantitative estimate of drug-likeness (QED) is 0.421. The Hall–Kier alpha value is -3.88. The molecule has 3 amide bonds. The number of aliphatic carboxylic acids is 1. The summed E-state index contributed by atoms with van der Waals surface area (Å²) in [6.45, 7) is 4.55. The minimum Gasteiger partial charge on any atom is -0.480 e.